The fourth-order valence-corrected chi connectivity index (χ4v) is 0.827. The molecular formula is C10H12KO2-. The summed E-state index contributed by atoms with van der Waals surface area (Å²) in [4.78, 5) is 9.97. The van der Waals surface area contributed by atoms with Crippen molar-refractivity contribution in [3.63, 3.8) is 0 Å². The van der Waals surface area contributed by atoms with Crippen LogP contribution in [0, 0.1) is 7.43 Å². The molecule has 0 aliphatic carbocycles. The molecule has 1 aromatic carbocycles. The summed E-state index contributed by atoms with van der Waals surface area (Å²) in [5.41, 5.74) is 0.959. The van der Waals surface area contributed by atoms with E-state index in [0.29, 0.717) is 6.42 Å². The van der Waals surface area contributed by atoms with Crippen molar-refractivity contribution in [2.45, 2.75) is 6.42 Å². The van der Waals surface area contributed by atoms with Gasteiger partial charge in [-0.05, 0) is 12.1 Å². The molecule has 0 radical (unpaired) electrons. The van der Waals surface area contributed by atoms with Crippen LogP contribution in [-0.2, 0) is 11.2 Å². The van der Waals surface area contributed by atoms with E-state index in [2.05, 4.69) is 0 Å². The molecule has 0 atom stereocenters. The Labute approximate surface area is 122 Å². The van der Waals surface area contributed by atoms with Gasteiger partial charge in [0.1, 0.15) is 5.75 Å². The Kier molecular flexibility index (Phi) is 10.8. The minimum atomic E-state index is 0. The second-order valence-electron chi connectivity index (χ2n) is 2.17. The SMILES string of the molecule is COc1ccc(C[C-]=O)cc1.[CH3-].[K+]. The Bertz CT molecular complexity index is 231. The summed E-state index contributed by atoms with van der Waals surface area (Å²) in [6.07, 6.45) is 2.18. The van der Waals surface area contributed by atoms with Crippen LogP contribution >= 0.6 is 0 Å². The molecule has 1 aromatic rings. The van der Waals surface area contributed by atoms with Crippen molar-refractivity contribution in [3.8, 4) is 5.75 Å². The number of ether oxygens (including phenoxy) is 1. The minimum absolute atomic E-state index is 0. The van der Waals surface area contributed by atoms with Gasteiger partial charge in [0, 0.05) is 0 Å². The first-order chi connectivity index (χ1) is 5.36. The molecule has 0 aliphatic rings. The Morgan fingerprint density at radius 3 is 2.23 bits per heavy atom. The predicted molar refractivity (Wildman–Crippen MR) is 48.8 cm³/mol. The third-order valence-corrected chi connectivity index (χ3v) is 1.44. The number of hydrogen-bond donors (Lipinski definition) is 0. The van der Waals surface area contributed by atoms with Gasteiger partial charge in [0.25, 0.3) is 0 Å². The van der Waals surface area contributed by atoms with E-state index in [9.17, 15) is 4.79 Å². The molecule has 0 unspecified atom stereocenters. The van der Waals surface area contributed by atoms with E-state index >= 15 is 0 Å². The molecule has 1 rings (SSSR count). The van der Waals surface area contributed by atoms with Gasteiger partial charge in [-0.3, -0.25) is 6.29 Å². The Morgan fingerprint density at radius 1 is 1.31 bits per heavy atom. The van der Waals surface area contributed by atoms with E-state index in [4.69, 9.17) is 4.74 Å². The maximum Gasteiger partial charge on any atom is 1.00 e. The van der Waals surface area contributed by atoms with E-state index in [1.165, 1.54) is 0 Å². The maximum absolute atomic E-state index is 9.97. The van der Waals surface area contributed by atoms with Crippen molar-refractivity contribution in [3.05, 3.63) is 37.3 Å². The summed E-state index contributed by atoms with van der Waals surface area (Å²) in [5, 5.41) is 0. The molecule has 0 amide bonds. The average Bonchev–Trinajstić information content (AvgIpc) is 2.07. The first-order valence-corrected chi connectivity index (χ1v) is 3.34. The third-order valence-electron chi connectivity index (χ3n) is 1.44. The summed E-state index contributed by atoms with van der Waals surface area (Å²) in [7, 11) is 1.61. The van der Waals surface area contributed by atoms with Crippen LogP contribution in [0.3, 0.4) is 0 Å². The summed E-state index contributed by atoms with van der Waals surface area (Å²) < 4.78 is 4.95. The van der Waals surface area contributed by atoms with Crippen LogP contribution in [0.2, 0.25) is 0 Å². The number of hydrogen-bond acceptors (Lipinski definition) is 2. The number of benzene rings is 1. The Morgan fingerprint density at radius 2 is 1.85 bits per heavy atom. The molecular weight excluding hydrogens is 191 g/mol. The zero-order chi connectivity index (χ0) is 8.10. The zero-order valence-corrected chi connectivity index (χ0v) is 11.5. The molecule has 3 heteroatoms. The molecule has 66 valence electrons. The molecule has 2 nitrogen and oxygen atoms in total. The minimum Gasteiger partial charge on any atom is -0.541 e. The van der Waals surface area contributed by atoms with Crippen LogP contribution < -0.4 is 56.1 Å². The van der Waals surface area contributed by atoms with Gasteiger partial charge in [0.15, 0.2) is 0 Å². The molecule has 0 aromatic heterocycles. The summed E-state index contributed by atoms with van der Waals surface area (Å²) in [6, 6.07) is 7.35. The van der Waals surface area contributed by atoms with Gasteiger partial charge in [-0.1, -0.05) is 17.7 Å². The van der Waals surface area contributed by atoms with Gasteiger partial charge in [-0.15, -0.1) is 6.42 Å². The first-order valence-electron chi connectivity index (χ1n) is 3.34. The zero-order valence-electron chi connectivity index (χ0n) is 8.33. The molecule has 0 fully saturated rings. The Balaban J connectivity index is 0. The third kappa shape index (κ3) is 5.60. The van der Waals surface area contributed by atoms with E-state index in [1.54, 1.807) is 7.11 Å². The van der Waals surface area contributed by atoms with E-state index in [-0.39, 0.29) is 58.8 Å². The van der Waals surface area contributed by atoms with Gasteiger partial charge in [-0.2, -0.15) is 0 Å². The number of rotatable bonds is 3. The van der Waals surface area contributed by atoms with E-state index in [1.807, 2.05) is 30.6 Å². The van der Waals surface area contributed by atoms with Crippen molar-refractivity contribution in [1.82, 2.24) is 0 Å². The molecule has 0 saturated carbocycles. The Hall–Kier alpha value is 0.326. The monoisotopic (exact) mass is 203 g/mol. The van der Waals surface area contributed by atoms with Crippen LogP contribution in [0.1, 0.15) is 5.56 Å². The number of carbonyl (C=O) groups excluding carboxylic acids is 1. The number of methoxy groups -OCH3 is 1. The van der Waals surface area contributed by atoms with Crippen LogP contribution in [0.25, 0.3) is 0 Å². The van der Waals surface area contributed by atoms with Crippen LogP contribution in [-0.4, -0.2) is 13.4 Å². The second-order valence-corrected chi connectivity index (χ2v) is 2.17. The average molecular weight is 203 g/mol. The van der Waals surface area contributed by atoms with Crippen LogP contribution in [0.4, 0.5) is 0 Å². The predicted octanol–water partition coefficient (Wildman–Crippen LogP) is -1.20. The first kappa shape index (κ1) is 15.8. The molecule has 0 bridgehead atoms. The fourth-order valence-electron chi connectivity index (χ4n) is 0.827. The molecule has 0 N–H and O–H groups in total. The summed E-state index contributed by atoms with van der Waals surface area (Å²) in [5.74, 6) is 0.805. The largest absolute Gasteiger partial charge is 1.00 e. The van der Waals surface area contributed by atoms with Gasteiger partial charge in [0.05, 0.1) is 7.11 Å². The van der Waals surface area contributed by atoms with Gasteiger partial charge in [-0.25, -0.2) is 0 Å². The molecule has 0 heterocycles. The van der Waals surface area contributed by atoms with E-state index in [0.717, 1.165) is 11.3 Å². The standard InChI is InChI=1S/C9H9O2.CH3.K/c1-11-9-4-2-8(3-5-9)6-7-10;;/h2-5H,6H2,1H3;1H3;/q2*-1;+1. The second kappa shape index (κ2) is 8.90. The van der Waals surface area contributed by atoms with Crippen LogP contribution in [0.15, 0.2) is 24.3 Å². The summed E-state index contributed by atoms with van der Waals surface area (Å²) >= 11 is 0. The fraction of sp³-hybridized carbons (Fsp3) is 0.200. The van der Waals surface area contributed by atoms with Gasteiger partial charge < -0.3 is 17.0 Å². The molecule has 0 saturated heterocycles. The van der Waals surface area contributed by atoms with Crippen LogP contribution in [0.5, 0.6) is 5.75 Å². The van der Waals surface area contributed by atoms with E-state index < -0.39 is 0 Å². The van der Waals surface area contributed by atoms with Gasteiger partial charge >= 0.3 is 51.4 Å². The van der Waals surface area contributed by atoms with Crippen molar-refractivity contribution in [1.29, 1.82) is 0 Å². The molecule has 0 aliphatic heterocycles. The molecule has 0 spiro atoms. The van der Waals surface area contributed by atoms with Crippen molar-refractivity contribution >= 4 is 6.29 Å². The van der Waals surface area contributed by atoms with Gasteiger partial charge in [0.2, 0.25) is 0 Å². The van der Waals surface area contributed by atoms with Crippen molar-refractivity contribution in [2.75, 3.05) is 7.11 Å². The maximum atomic E-state index is 9.97. The normalized spacial score (nSPS) is 7.77. The quantitative estimate of drug-likeness (QED) is 0.456. The smallest absolute Gasteiger partial charge is 0.541 e. The molecule has 13 heavy (non-hydrogen) atoms. The summed E-state index contributed by atoms with van der Waals surface area (Å²) in [6.45, 7) is 0. The van der Waals surface area contributed by atoms with Crippen molar-refractivity contribution in [2.24, 2.45) is 0 Å². The van der Waals surface area contributed by atoms with Crippen molar-refractivity contribution < 1.29 is 60.9 Å². The topological polar surface area (TPSA) is 26.3 Å².